The molecule has 0 bridgehead atoms. The van der Waals surface area contributed by atoms with Crippen LogP contribution in [0.3, 0.4) is 0 Å². The maximum absolute atomic E-state index is 13.6. The van der Waals surface area contributed by atoms with Crippen LogP contribution in [0.2, 0.25) is 5.02 Å². The van der Waals surface area contributed by atoms with Crippen LogP contribution >= 0.6 is 11.6 Å². The average Bonchev–Trinajstić information content (AvgIpc) is 2.86. The highest BCUT2D eigenvalue weighted by atomic mass is 35.5. The van der Waals surface area contributed by atoms with Gasteiger partial charge in [-0.05, 0) is 37.1 Å². The minimum atomic E-state index is -0.480. The number of likely N-dealkylation sites (tertiary alicyclic amines) is 1. The molecule has 1 aliphatic rings. The summed E-state index contributed by atoms with van der Waals surface area (Å²) in [6.07, 6.45) is 3.34. The fourth-order valence-corrected chi connectivity index (χ4v) is 4.15. The lowest BCUT2D eigenvalue weighted by atomic mass is 10.1. The molecule has 1 aromatic heterocycles. The molecule has 3 aromatic rings. The minimum Gasteiger partial charge on any atom is -0.487 e. The molecule has 1 saturated heterocycles. The summed E-state index contributed by atoms with van der Waals surface area (Å²) < 4.78 is 36.3. The third-order valence-corrected chi connectivity index (χ3v) is 6.16. The van der Waals surface area contributed by atoms with Crippen molar-refractivity contribution in [2.24, 2.45) is 0 Å². The van der Waals surface area contributed by atoms with Gasteiger partial charge in [-0.25, -0.2) is 14.4 Å². The average molecular weight is 505 g/mol. The van der Waals surface area contributed by atoms with E-state index in [9.17, 15) is 4.39 Å². The third kappa shape index (κ3) is 6.70. The molecule has 0 aliphatic carbocycles. The smallest absolute Gasteiger partial charge is 0.163 e. The van der Waals surface area contributed by atoms with E-state index in [1.807, 2.05) is 12.1 Å². The fraction of sp³-hybridized carbons (Fsp3) is 0.440. The second kappa shape index (κ2) is 12.3. The topological polar surface area (TPSA) is 78.0 Å². The van der Waals surface area contributed by atoms with Gasteiger partial charge in [0.1, 0.15) is 30.7 Å². The van der Waals surface area contributed by atoms with Gasteiger partial charge in [-0.15, -0.1) is 0 Å². The third-order valence-electron chi connectivity index (χ3n) is 5.87. The van der Waals surface area contributed by atoms with Gasteiger partial charge in [-0.3, -0.25) is 0 Å². The van der Waals surface area contributed by atoms with E-state index in [0.717, 1.165) is 44.5 Å². The second-order valence-corrected chi connectivity index (χ2v) is 8.69. The number of hydrogen-bond donors (Lipinski definition) is 1. The molecule has 35 heavy (non-hydrogen) atoms. The second-order valence-electron chi connectivity index (χ2n) is 8.29. The van der Waals surface area contributed by atoms with Crippen LogP contribution in [-0.4, -0.2) is 74.6 Å². The molecule has 0 spiro atoms. The van der Waals surface area contributed by atoms with E-state index in [1.165, 1.54) is 18.5 Å². The van der Waals surface area contributed by atoms with Crippen molar-refractivity contribution in [3.8, 4) is 11.5 Å². The molecule has 188 valence electrons. The van der Waals surface area contributed by atoms with Gasteiger partial charge in [0.05, 0.1) is 23.8 Å². The lowest BCUT2D eigenvalue weighted by Crippen LogP contribution is -2.39. The fourth-order valence-electron chi connectivity index (χ4n) is 3.96. The molecular weight excluding hydrogens is 475 g/mol. The highest BCUT2D eigenvalue weighted by Gasteiger charge is 2.22. The first-order valence-corrected chi connectivity index (χ1v) is 12.0. The van der Waals surface area contributed by atoms with Gasteiger partial charge >= 0.3 is 0 Å². The van der Waals surface area contributed by atoms with Crippen molar-refractivity contribution in [3.63, 3.8) is 0 Å². The molecule has 0 radical (unpaired) electrons. The summed E-state index contributed by atoms with van der Waals surface area (Å²) in [6.45, 7) is 4.38. The van der Waals surface area contributed by atoms with Gasteiger partial charge in [-0.1, -0.05) is 11.6 Å². The zero-order valence-electron chi connectivity index (χ0n) is 19.9. The number of ether oxygens (including phenoxy) is 4. The van der Waals surface area contributed by atoms with Gasteiger partial charge in [-0.2, -0.15) is 0 Å². The van der Waals surface area contributed by atoms with Gasteiger partial charge in [0, 0.05) is 51.0 Å². The van der Waals surface area contributed by atoms with Crippen LogP contribution < -0.4 is 14.8 Å². The van der Waals surface area contributed by atoms with Crippen molar-refractivity contribution in [3.05, 3.63) is 47.5 Å². The first kappa shape index (κ1) is 25.4. The molecule has 0 unspecified atom stereocenters. The number of anilines is 2. The van der Waals surface area contributed by atoms with Crippen LogP contribution in [0.1, 0.15) is 12.8 Å². The Kier molecular flexibility index (Phi) is 8.92. The summed E-state index contributed by atoms with van der Waals surface area (Å²) in [5, 5.41) is 3.99. The van der Waals surface area contributed by atoms with Crippen molar-refractivity contribution in [2.75, 3.05) is 59.0 Å². The molecule has 0 amide bonds. The Bertz CT molecular complexity index is 1130. The number of hydrogen-bond acceptors (Lipinski definition) is 8. The number of nitrogens with one attached hydrogen (secondary N) is 1. The number of fused-ring (bicyclic) bond motifs is 1. The highest BCUT2D eigenvalue weighted by Crippen LogP contribution is 2.36. The number of rotatable bonds is 11. The van der Waals surface area contributed by atoms with Gasteiger partial charge in [0.2, 0.25) is 0 Å². The van der Waals surface area contributed by atoms with E-state index >= 15 is 0 Å². The Morgan fingerprint density at radius 2 is 1.83 bits per heavy atom. The zero-order valence-corrected chi connectivity index (χ0v) is 20.7. The Labute approximate surface area is 209 Å². The van der Waals surface area contributed by atoms with Crippen molar-refractivity contribution in [1.29, 1.82) is 0 Å². The van der Waals surface area contributed by atoms with Crippen LogP contribution in [0.15, 0.2) is 36.7 Å². The summed E-state index contributed by atoms with van der Waals surface area (Å²) in [5.74, 6) is 1.30. The van der Waals surface area contributed by atoms with E-state index in [0.29, 0.717) is 41.7 Å². The van der Waals surface area contributed by atoms with E-state index < -0.39 is 5.82 Å². The number of halogens is 2. The van der Waals surface area contributed by atoms with Gasteiger partial charge in [0.15, 0.2) is 11.5 Å². The summed E-state index contributed by atoms with van der Waals surface area (Å²) in [7, 11) is 3.35. The lowest BCUT2D eigenvalue weighted by Gasteiger charge is -2.32. The standard InChI is InChI=1S/C25H30ClFN4O4/c1-32-10-9-31-7-5-18(6-8-31)35-24-14-19-22(15-23(24)34-12-11-33-2)28-16-29-25(19)30-17-3-4-21(27)20(26)13-17/h3-4,13-16,18H,5-12H2,1-2H3,(H,28,29,30). The van der Waals surface area contributed by atoms with E-state index in [4.69, 9.17) is 30.5 Å². The Morgan fingerprint density at radius 1 is 1.03 bits per heavy atom. The maximum atomic E-state index is 13.6. The molecule has 2 heterocycles. The Morgan fingerprint density at radius 3 is 2.57 bits per heavy atom. The van der Waals surface area contributed by atoms with Crippen LogP contribution in [0, 0.1) is 5.82 Å². The van der Waals surface area contributed by atoms with Crippen molar-refractivity contribution >= 4 is 34.0 Å². The zero-order chi connectivity index (χ0) is 24.6. The lowest BCUT2D eigenvalue weighted by molar-refractivity contribution is 0.0766. The number of benzene rings is 2. The van der Waals surface area contributed by atoms with Crippen molar-refractivity contribution < 1.29 is 23.3 Å². The molecule has 1 N–H and O–H groups in total. The molecule has 8 nitrogen and oxygen atoms in total. The van der Waals surface area contributed by atoms with Gasteiger partial charge < -0.3 is 29.2 Å². The van der Waals surface area contributed by atoms with Crippen LogP contribution in [0.25, 0.3) is 10.9 Å². The molecule has 2 aromatic carbocycles. The molecule has 1 aliphatic heterocycles. The first-order valence-electron chi connectivity index (χ1n) is 11.6. The Balaban J connectivity index is 1.59. The van der Waals surface area contributed by atoms with E-state index in [-0.39, 0.29) is 11.1 Å². The van der Waals surface area contributed by atoms with Crippen LogP contribution in [-0.2, 0) is 9.47 Å². The predicted molar refractivity (Wildman–Crippen MR) is 134 cm³/mol. The minimum absolute atomic E-state index is 0.0306. The quantitative estimate of drug-likeness (QED) is 0.377. The summed E-state index contributed by atoms with van der Waals surface area (Å²) in [6, 6.07) is 8.16. The maximum Gasteiger partial charge on any atom is 0.163 e. The summed E-state index contributed by atoms with van der Waals surface area (Å²) in [4.78, 5) is 11.2. The van der Waals surface area contributed by atoms with Gasteiger partial charge in [0.25, 0.3) is 0 Å². The predicted octanol–water partition coefficient (Wildman–Crippen LogP) is 4.68. The summed E-state index contributed by atoms with van der Waals surface area (Å²) in [5.41, 5.74) is 1.30. The number of nitrogens with zero attached hydrogens (tertiary/aromatic N) is 3. The SMILES string of the molecule is COCCOc1cc2ncnc(Nc3ccc(F)c(Cl)c3)c2cc1OC1CCN(CCOC)CC1. The van der Waals surface area contributed by atoms with Crippen LogP contribution in [0.5, 0.6) is 11.5 Å². The number of piperidine rings is 1. The largest absolute Gasteiger partial charge is 0.487 e. The van der Waals surface area contributed by atoms with E-state index in [2.05, 4.69) is 20.2 Å². The van der Waals surface area contributed by atoms with Crippen molar-refractivity contribution in [2.45, 2.75) is 18.9 Å². The molecule has 0 saturated carbocycles. The Hall–Kier alpha value is -2.72. The highest BCUT2D eigenvalue weighted by molar-refractivity contribution is 6.31. The summed E-state index contributed by atoms with van der Waals surface area (Å²) >= 11 is 5.95. The first-order chi connectivity index (χ1) is 17.1. The molecule has 1 fully saturated rings. The molecule has 4 rings (SSSR count). The number of methoxy groups -OCH3 is 2. The van der Waals surface area contributed by atoms with Crippen LogP contribution in [0.4, 0.5) is 15.9 Å². The number of aromatic nitrogens is 2. The van der Waals surface area contributed by atoms with Crippen molar-refractivity contribution in [1.82, 2.24) is 14.9 Å². The monoisotopic (exact) mass is 504 g/mol. The normalized spacial score (nSPS) is 14.9. The van der Waals surface area contributed by atoms with E-state index in [1.54, 1.807) is 20.3 Å². The molecule has 10 heteroatoms. The molecule has 0 atom stereocenters. The molecular formula is C25H30ClFN4O4.